The summed E-state index contributed by atoms with van der Waals surface area (Å²) in [6.45, 7) is 0. The van der Waals surface area contributed by atoms with Gasteiger partial charge in [-0.1, -0.05) is 24.3 Å². The summed E-state index contributed by atoms with van der Waals surface area (Å²) in [5.74, 6) is -1.13. The molecule has 0 saturated heterocycles. The maximum absolute atomic E-state index is 13.3. The topological polar surface area (TPSA) is 80.9 Å². The molecule has 6 nitrogen and oxygen atoms in total. The molecule has 1 amide bonds. The zero-order valence-corrected chi connectivity index (χ0v) is 12.8. The fraction of sp³-hybridized carbons (Fsp3) is 0. The van der Waals surface area contributed by atoms with Gasteiger partial charge in [0, 0.05) is 17.1 Å². The summed E-state index contributed by atoms with van der Waals surface area (Å²) >= 11 is 0. The predicted octanol–water partition coefficient (Wildman–Crippen LogP) is 3.68. The molecule has 7 heteroatoms. The number of amides is 1. The number of carbonyl (C=O) groups is 1. The molecule has 0 bridgehead atoms. The van der Waals surface area contributed by atoms with Crippen molar-refractivity contribution in [1.29, 1.82) is 0 Å². The van der Waals surface area contributed by atoms with Crippen LogP contribution in [0, 0.1) is 5.82 Å². The molecule has 0 aliphatic heterocycles. The molecular weight excluding hydrogens is 323 g/mol. The van der Waals surface area contributed by atoms with Gasteiger partial charge in [0.1, 0.15) is 5.82 Å². The van der Waals surface area contributed by atoms with E-state index in [1.165, 1.54) is 18.2 Å². The van der Waals surface area contributed by atoms with E-state index >= 15 is 0 Å². The van der Waals surface area contributed by atoms with Crippen molar-refractivity contribution < 1.29 is 13.6 Å². The van der Waals surface area contributed by atoms with Gasteiger partial charge in [0.05, 0.1) is 11.2 Å². The highest BCUT2D eigenvalue weighted by atomic mass is 19.1. The summed E-state index contributed by atoms with van der Waals surface area (Å²) in [7, 11) is 0. The maximum atomic E-state index is 13.3. The number of halogens is 1. The molecule has 0 unspecified atom stereocenters. The number of rotatable bonds is 3. The summed E-state index contributed by atoms with van der Waals surface area (Å²) in [6.07, 6.45) is 1.65. The van der Waals surface area contributed by atoms with Crippen molar-refractivity contribution in [3.8, 4) is 11.5 Å². The van der Waals surface area contributed by atoms with E-state index in [1.54, 1.807) is 18.3 Å². The smallest absolute Gasteiger partial charge is 0.313 e. The molecule has 0 saturated carbocycles. The lowest BCUT2D eigenvalue weighted by Crippen LogP contribution is -2.12. The number of pyridine rings is 1. The Labute approximate surface area is 141 Å². The van der Waals surface area contributed by atoms with Crippen molar-refractivity contribution in [2.45, 2.75) is 0 Å². The van der Waals surface area contributed by atoms with E-state index in [9.17, 15) is 9.18 Å². The Morgan fingerprint density at radius 1 is 1.04 bits per heavy atom. The summed E-state index contributed by atoms with van der Waals surface area (Å²) in [4.78, 5) is 16.6. The van der Waals surface area contributed by atoms with Crippen LogP contribution in [0.1, 0.15) is 10.7 Å². The van der Waals surface area contributed by atoms with Crippen LogP contribution in [0.3, 0.4) is 0 Å². The lowest BCUT2D eigenvalue weighted by Gasteiger charge is -2.05. The van der Waals surface area contributed by atoms with Gasteiger partial charge in [0.25, 0.3) is 0 Å². The van der Waals surface area contributed by atoms with Crippen LogP contribution in [0.2, 0.25) is 0 Å². The molecule has 4 rings (SSSR count). The van der Waals surface area contributed by atoms with E-state index in [0.717, 1.165) is 5.39 Å². The normalized spacial score (nSPS) is 10.8. The summed E-state index contributed by atoms with van der Waals surface area (Å²) in [5.41, 5.74) is 1.59. The molecule has 0 radical (unpaired) electrons. The van der Waals surface area contributed by atoms with Crippen molar-refractivity contribution in [3.05, 3.63) is 72.5 Å². The van der Waals surface area contributed by atoms with Crippen molar-refractivity contribution in [1.82, 2.24) is 15.2 Å². The van der Waals surface area contributed by atoms with Crippen molar-refractivity contribution in [2.75, 3.05) is 5.32 Å². The van der Waals surface area contributed by atoms with Crippen LogP contribution in [0.15, 0.2) is 65.2 Å². The monoisotopic (exact) mass is 334 g/mol. The quantitative estimate of drug-likeness (QED) is 0.618. The third-order valence-electron chi connectivity index (χ3n) is 3.57. The van der Waals surface area contributed by atoms with E-state index in [2.05, 4.69) is 20.5 Å². The van der Waals surface area contributed by atoms with Gasteiger partial charge < -0.3 is 9.73 Å². The molecule has 4 aromatic rings. The first-order valence-corrected chi connectivity index (χ1v) is 7.45. The first-order chi connectivity index (χ1) is 12.2. The standard InChI is InChI=1S/C18H11FN4O2/c19-13-7-1-5-12(10-13)17-22-23-18(25-17)16(24)21-14-8-2-4-11-6-3-9-20-15(11)14/h1-10H,(H,21,24). The van der Waals surface area contributed by atoms with Gasteiger partial charge in [0.2, 0.25) is 5.89 Å². The first-order valence-electron chi connectivity index (χ1n) is 7.45. The number of anilines is 1. The maximum Gasteiger partial charge on any atom is 0.313 e. The Bertz CT molecular complexity index is 1070. The largest absolute Gasteiger partial charge is 0.412 e. The minimum absolute atomic E-state index is 0.0701. The van der Waals surface area contributed by atoms with Crippen LogP contribution in [0.25, 0.3) is 22.4 Å². The highest BCUT2D eigenvalue weighted by molar-refractivity contribution is 6.05. The number of carbonyl (C=O) groups excluding carboxylic acids is 1. The molecule has 0 fully saturated rings. The number of hydrogen-bond donors (Lipinski definition) is 1. The Balaban J connectivity index is 1.61. The van der Waals surface area contributed by atoms with Crippen LogP contribution in [-0.4, -0.2) is 21.1 Å². The molecule has 0 atom stereocenters. The van der Waals surface area contributed by atoms with Crippen LogP contribution < -0.4 is 5.32 Å². The first kappa shape index (κ1) is 14.9. The van der Waals surface area contributed by atoms with Gasteiger partial charge in [0.15, 0.2) is 0 Å². The molecule has 25 heavy (non-hydrogen) atoms. The average molecular weight is 334 g/mol. The molecular formula is C18H11FN4O2. The number of hydrogen-bond acceptors (Lipinski definition) is 5. The Morgan fingerprint density at radius 2 is 1.88 bits per heavy atom. The molecule has 1 N–H and O–H groups in total. The summed E-state index contributed by atoms with van der Waals surface area (Å²) < 4.78 is 18.6. The molecule has 2 aromatic carbocycles. The third-order valence-corrected chi connectivity index (χ3v) is 3.57. The lowest BCUT2D eigenvalue weighted by atomic mass is 10.2. The van der Waals surface area contributed by atoms with Crippen LogP contribution in [0.4, 0.5) is 10.1 Å². The number of benzene rings is 2. The Kier molecular flexibility index (Phi) is 3.66. The molecule has 2 aromatic heterocycles. The highest BCUT2D eigenvalue weighted by Gasteiger charge is 2.17. The van der Waals surface area contributed by atoms with E-state index in [-0.39, 0.29) is 11.8 Å². The van der Waals surface area contributed by atoms with Gasteiger partial charge in [-0.3, -0.25) is 9.78 Å². The third kappa shape index (κ3) is 2.94. The average Bonchev–Trinajstić information content (AvgIpc) is 3.12. The Morgan fingerprint density at radius 3 is 2.76 bits per heavy atom. The molecule has 0 spiro atoms. The number of nitrogens with one attached hydrogen (secondary N) is 1. The highest BCUT2D eigenvalue weighted by Crippen LogP contribution is 2.22. The fourth-order valence-corrected chi connectivity index (χ4v) is 2.43. The SMILES string of the molecule is O=C(Nc1cccc2cccnc12)c1nnc(-c2cccc(F)c2)o1. The second-order valence-corrected chi connectivity index (χ2v) is 5.26. The number of nitrogens with zero attached hydrogens (tertiary/aromatic N) is 3. The predicted molar refractivity (Wildman–Crippen MR) is 89.4 cm³/mol. The van der Waals surface area contributed by atoms with Crippen molar-refractivity contribution >= 4 is 22.5 Å². The van der Waals surface area contributed by atoms with Crippen LogP contribution in [-0.2, 0) is 0 Å². The molecule has 0 aliphatic rings. The van der Waals surface area contributed by atoms with Gasteiger partial charge >= 0.3 is 11.8 Å². The lowest BCUT2D eigenvalue weighted by molar-refractivity contribution is 0.0991. The number of aromatic nitrogens is 3. The van der Waals surface area contributed by atoms with Crippen molar-refractivity contribution in [2.24, 2.45) is 0 Å². The van der Waals surface area contributed by atoms with Crippen LogP contribution in [0.5, 0.6) is 0 Å². The van der Waals surface area contributed by atoms with Gasteiger partial charge in [-0.2, -0.15) is 0 Å². The fourth-order valence-electron chi connectivity index (χ4n) is 2.43. The minimum atomic E-state index is -0.562. The zero-order valence-electron chi connectivity index (χ0n) is 12.8. The van der Waals surface area contributed by atoms with Crippen molar-refractivity contribution in [3.63, 3.8) is 0 Å². The molecule has 122 valence electrons. The molecule has 2 heterocycles. The summed E-state index contributed by atoms with van der Waals surface area (Å²) in [6, 6.07) is 14.9. The van der Waals surface area contributed by atoms with E-state index in [4.69, 9.17) is 4.42 Å². The van der Waals surface area contributed by atoms with E-state index < -0.39 is 11.7 Å². The zero-order chi connectivity index (χ0) is 17.2. The second kappa shape index (κ2) is 6.12. The second-order valence-electron chi connectivity index (χ2n) is 5.26. The summed E-state index contributed by atoms with van der Waals surface area (Å²) in [5, 5.41) is 11.1. The van der Waals surface area contributed by atoms with Crippen LogP contribution >= 0.6 is 0 Å². The van der Waals surface area contributed by atoms with E-state index in [0.29, 0.717) is 16.8 Å². The Hall–Kier alpha value is -3.61. The number of fused-ring (bicyclic) bond motifs is 1. The minimum Gasteiger partial charge on any atom is -0.412 e. The van der Waals surface area contributed by atoms with E-state index in [1.807, 2.05) is 24.3 Å². The molecule has 0 aliphatic carbocycles. The van der Waals surface area contributed by atoms with Gasteiger partial charge in [-0.05, 0) is 30.3 Å². The van der Waals surface area contributed by atoms with Gasteiger partial charge in [-0.15, -0.1) is 10.2 Å². The van der Waals surface area contributed by atoms with Gasteiger partial charge in [-0.25, -0.2) is 4.39 Å². The number of para-hydroxylation sites is 1.